The zero-order chi connectivity index (χ0) is 17.3. The van der Waals surface area contributed by atoms with Crippen molar-refractivity contribution in [2.75, 3.05) is 25.9 Å². The zero-order valence-electron chi connectivity index (χ0n) is 13.8. The molecule has 0 bridgehead atoms. The van der Waals surface area contributed by atoms with Gasteiger partial charge in [0.05, 0.1) is 12.3 Å². The Kier molecular flexibility index (Phi) is 4.92. The van der Waals surface area contributed by atoms with Gasteiger partial charge in [0.15, 0.2) is 0 Å². The summed E-state index contributed by atoms with van der Waals surface area (Å²) < 4.78 is 37.7. The van der Waals surface area contributed by atoms with Crippen LogP contribution >= 0.6 is 0 Å². The molecule has 0 radical (unpaired) electrons. The van der Waals surface area contributed by atoms with Crippen molar-refractivity contribution in [3.8, 4) is 0 Å². The van der Waals surface area contributed by atoms with E-state index in [0.717, 1.165) is 18.4 Å². The second-order valence-corrected chi connectivity index (χ2v) is 8.66. The van der Waals surface area contributed by atoms with Crippen LogP contribution in [0.5, 0.6) is 0 Å². The molecule has 0 N–H and O–H groups in total. The SMILES string of the molecule is CS(=O)(=O)N1CCC(C(=O)N2CCCC2c2ccc(F)cc2)CC1. The third-order valence-corrected chi connectivity index (χ3v) is 6.37. The van der Waals surface area contributed by atoms with E-state index in [2.05, 4.69) is 0 Å². The number of hydrogen-bond donors (Lipinski definition) is 0. The lowest BCUT2D eigenvalue weighted by atomic mass is 9.95. The molecule has 2 heterocycles. The quantitative estimate of drug-likeness (QED) is 0.836. The van der Waals surface area contributed by atoms with Crippen LogP contribution in [-0.4, -0.2) is 49.4 Å². The van der Waals surface area contributed by atoms with E-state index >= 15 is 0 Å². The molecule has 132 valence electrons. The Balaban J connectivity index is 1.67. The number of halogens is 1. The molecule has 2 aliphatic rings. The molecule has 2 aliphatic heterocycles. The van der Waals surface area contributed by atoms with Gasteiger partial charge in [-0.1, -0.05) is 12.1 Å². The van der Waals surface area contributed by atoms with E-state index in [1.165, 1.54) is 22.7 Å². The fraction of sp³-hybridized carbons (Fsp3) is 0.588. The number of carbonyl (C=O) groups excluding carboxylic acids is 1. The minimum atomic E-state index is -3.18. The van der Waals surface area contributed by atoms with Gasteiger partial charge in [-0.25, -0.2) is 17.1 Å². The molecule has 1 atom stereocenters. The fourth-order valence-electron chi connectivity index (χ4n) is 3.73. The van der Waals surface area contributed by atoms with E-state index in [1.807, 2.05) is 4.90 Å². The van der Waals surface area contributed by atoms with Crippen molar-refractivity contribution in [3.63, 3.8) is 0 Å². The Morgan fingerprint density at radius 2 is 1.71 bits per heavy atom. The van der Waals surface area contributed by atoms with Gasteiger partial charge in [-0.3, -0.25) is 4.79 Å². The van der Waals surface area contributed by atoms with Crippen molar-refractivity contribution < 1.29 is 17.6 Å². The van der Waals surface area contributed by atoms with Gasteiger partial charge in [0.25, 0.3) is 0 Å². The van der Waals surface area contributed by atoms with E-state index in [0.29, 0.717) is 32.5 Å². The topological polar surface area (TPSA) is 57.7 Å². The predicted octanol–water partition coefficient (Wildman–Crippen LogP) is 2.16. The minimum absolute atomic E-state index is 0.00559. The smallest absolute Gasteiger partial charge is 0.226 e. The molecule has 1 aromatic carbocycles. The summed E-state index contributed by atoms with van der Waals surface area (Å²) in [5, 5.41) is 0. The molecule has 0 saturated carbocycles. The second-order valence-electron chi connectivity index (χ2n) is 6.68. The van der Waals surface area contributed by atoms with E-state index in [9.17, 15) is 17.6 Å². The van der Waals surface area contributed by atoms with Gasteiger partial charge < -0.3 is 4.90 Å². The Bertz CT molecular complexity index is 697. The highest BCUT2D eigenvalue weighted by Gasteiger charge is 2.36. The van der Waals surface area contributed by atoms with Crippen molar-refractivity contribution in [2.24, 2.45) is 5.92 Å². The van der Waals surface area contributed by atoms with Crippen molar-refractivity contribution >= 4 is 15.9 Å². The van der Waals surface area contributed by atoms with E-state index in [1.54, 1.807) is 12.1 Å². The van der Waals surface area contributed by atoms with Crippen LogP contribution in [0.1, 0.15) is 37.3 Å². The highest BCUT2D eigenvalue weighted by molar-refractivity contribution is 7.88. The fourth-order valence-corrected chi connectivity index (χ4v) is 4.60. The third-order valence-electron chi connectivity index (χ3n) is 5.06. The van der Waals surface area contributed by atoms with E-state index in [4.69, 9.17) is 0 Å². The Morgan fingerprint density at radius 1 is 1.08 bits per heavy atom. The second kappa shape index (κ2) is 6.80. The van der Waals surface area contributed by atoms with Crippen LogP contribution in [0.25, 0.3) is 0 Å². The Labute approximate surface area is 142 Å². The zero-order valence-corrected chi connectivity index (χ0v) is 14.6. The summed E-state index contributed by atoms with van der Waals surface area (Å²) in [5.41, 5.74) is 0.968. The largest absolute Gasteiger partial charge is 0.335 e. The summed E-state index contributed by atoms with van der Waals surface area (Å²) in [5.74, 6) is -0.290. The lowest BCUT2D eigenvalue weighted by molar-refractivity contribution is -0.137. The molecular weight excluding hydrogens is 331 g/mol. The third kappa shape index (κ3) is 3.62. The average molecular weight is 354 g/mol. The summed E-state index contributed by atoms with van der Waals surface area (Å²) in [6.45, 7) is 1.53. The van der Waals surface area contributed by atoms with Crippen LogP contribution in [0.15, 0.2) is 24.3 Å². The molecule has 0 aliphatic carbocycles. The molecule has 0 spiro atoms. The first-order valence-electron chi connectivity index (χ1n) is 8.37. The molecule has 1 aromatic rings. The summed E-state index contributed by atoms with van der Waals surface area (Å²) in [7, 11) is -3.18. The number of benzene rings is 1. The Morgan fingerprint density at radius 3 is 2.29 bits per heavy atom. The molecular formula is C17H23FN2O3S. The first-order chi connectivity index (χ1) is 11.4. The summed E-state index contributed by atoms with van der Waals surface area (Å²) >= 11 is 0. The summed E-state index contributed by atoms with van der Waals surface area (Å²) in [4.78, 5) is 14.8. The van der Waals surface area contributed by atoms with Crippen LogP contribution in [-0.2, 0) is 14.8 Å². The maximum atomic E-state index is 13.1. The normalized spacial score (nSPS) is 23.6. The van der Waals surface area contributed by atoms with E-state index in [-0.39, 0.29) is 23.7 Å². The number of hydrogen-bond acceptors (Lipinski definition) is 3. The highest BCUT2D eigenvalue weighted by Crippen LogP contribution is 2.34. The van der Waals surface area contributed by atoms with E-state index < -0.39 is 10.0 Å². The number of sulfonamides is 1. The van der Waals surface area contributed by atoms with Crippen LogP contribution in [0.4, 0.5) is 4.39 Å². The van der Waals surface area contributed by atoms with Crippen LogP contribution in [0.3, 0.4) is 0 Å². The van der Waals surface area contributed by atoms with Crippen LogP contribution in [0.2, 0.25) is 0 Å². The molecule has 2 saturated heterocycles. The van der Waals surface area contributed by atoms with Crippen molar-refractivity contribution in [1.29, 1.82) is 0 Å². The van der Waals surface area contributed by atoms with Crippen molar-refractivity contribution in [2.45, 2.75) is 31.7 Å². The van der Waals surface area contributed by atoms with Crippen molar-refractivity contribution in [1.82, 2.24) is 9.21 Å². The number of nitrogens with zero attached hydrogens (tertiary/aromatic N) is 2. The number of rotatable bonds is 3. The number of amides is 1. The molecule has 7 heteroatoms. The van der Waals surface area contributed by atoms with Crippen molar-refractivity contribution in [3.05, 3.63) is 35.6 Å². The minimum Gasteiger partial charge on any atom is -0.335 e. The average Bonchev–Trinajstić information content (AvgIpc) is 3.04. The first kappa shape index (κ1) is 17.4. The standard InChI is InChI=1S/C17H23FN2O3S/c1-24(22,23)19-11-8-14(9-12-19)17(21)20-10-2-3-16(20)13-4-6-15(18)7-5-13/h4-7,14,16H,2-3,8-12H2,1H3. The number of carbonyl (C=O) groups is 1. The summed E-state index contributed by atoms with van der Waals surface area (Å²) in [6.07, 6.45) is 4.17. The summed E-state index contributed by atoms with van der Waals surface area (Å²) in [6, 6.07) is 6.36. The molecule has 1 unspecified atom stereocenters. The van der Waals surface area contributed by atoms with Gasteiger partial charge >= 0.3 is 0 Å². The van der Waals surface area contributed by atoms with Gasteiger partial charge in [0, 0.05) is 25.6 Å². The number of likely N-dealkylation sites (tertiary alicyclic amines) is 1. The predicted molar refractivity (Wildman–Crippen MR) is 89.2 cm³/mol. The molecule has 0 aromatic heterocycles. The maximum Gasteiger partial charge on any atom is 0.226 e. The molecule has 2 fully saturated rings. The van der Waals surface area contributed by atoms with Crippen LogP contribution in [0, 0.1) is 11.7 Å². The highest BCUT2D eigenvalue weighted by atomic mass is 32.2. The molecule has 5 nitrogen and oxygen atoms in total. The molecule has 1 amide bonds. The first-order valence-corrected chi connectivity index (χ1v) is 10.2. The Hall–Kier alpha value is -1.47. The number of piperidine rings is 1. The maximum absolute atomic E-state index is 13.1. The van der Waals surface area contributed by atoms with Gasteiger partial charge in [-0.15, -0.1) is 0 Å². The van der Waals surface area contributed by atoms with Gasteiger partial charge in [0.1, 0.15) is 5.82 Å². The molecule has 24 heavy (non-hydrogen) atoms. The van der Waals surface area contributed by atoms with Crippen LogP contribution < -0.4 is 0 Å². The lowest BCUT2D eigenvalue weighted by Gasteiger charge is -2.34. The van der Waals surface area contributed by atoms with Gasteiger partial charge in [0.2, 0.25) is 15.9 Å². The van der Waals surface area contributed by atoms with Gasteiger partial charge in [-0.05, 0) is 43.4 Å². The lowest BCUT2D eigenvalue weighted by Crippen LogP contribution is -2.43. The van der Waals surface area contributed by atoms with Gasteiger partial charge in [-0.2, -0.15) is 0 Å². The molecule has 3 rings (SSSR count). The monoisotopic (exact) mass is 354 g/mol.